The first-order chi connectivity index (χ1) is 10.9. The van der Waals surface area contributed by atoms with Gasteiger partial charge in [-0.25, -0.2) is 8.78 Å². The van der Waals surface area contributed by atoms with E-state index in [1.165, 1.54) is 6.07 Å². The average molecular weight is 345 g/mol. The Bertz CT molecular complexity index is 567. The maximum Gasteiger partial charge on any atom is 0.319 e. The number of esters is 1. The quantitative estimate of drug-likeness (QED) is 0.437. The predicted octanol–water partition coefficient (Wildman–Crippen LogP) is 4.14. The number of rotatable bonds is 8. The lowest BCUT2D eigenvalue weighted by Gasteiger charge is -2.13. The number of carbonyl (C=O) groups excluding carboxylic acids is 2. The number of nitrogens with one attached hydrogen (secondary N) is 1. The van der Waals surface area contributed by atoms with Gasteiger partial charge in [-0.1, -0.05) is 20.3 Å². The minimum Gasteiger partial charge on any atom is -0.465 e. The Hall–Kier alpha value is -1.63. The van der Waals surface area contributed by atoms with Gasteiger partial charge in [0.2, 0.25) is 5.91 Å². The summed E-state index contributed by atoms with van der Waals surface area (Å²) in [6.45, 7) is 5.52. The number of benzene rings is 1. The van der Waals surface area contributed by atoms with Crippen molar-refractivity contribution in [1.82, 2.24) is 0 Å². The van der Waals surface area contributed by atoms with Gasteiger partial charge in [-0.15, -0.1) is 11.8 Å². The zero-order valence-electron chi connectivity index (χ0n) is 13.4. The molecule has 4 nitrogen and oxygen atoms in total. The maximum atomic E-state index is 13.9. The molecule has 0 aliphatic heterocycles. The molecule has 7 heteroatoms. The molecule has 1 atom stereocenters. The van der Waals surface area contributed by atoms with Crippen molar-refractivity contribution < 1.29 is 23.1 Å². The summed E-state index contributed by atoms with van der Waals surface area (Å²) in [6.07, 6.45) is 1.85. The Morgan fingerprint density at radius 1 is 1.26 bits per heavy atom. The highest BCUT2D eigenvalue weighted by atomic mass is 32.2. The summed E-state index contributed by atoms with van der Waals surface area (Å²) in [5.74, 6) is -2.47. The van der Waals surface area contributed by atoms with E-state index in [-0.39, 0.29) is 22.9 Å². The number of halogens is 2. The standard InChI is InChI=1S/C16H21F2NO3S/c1-4-6-7-22-16(21)10(3)23-14-9-13(19-15(20)5-2)11(17)8-12(14)18/h8-10H,4-7H2,1-3H3,(H,19,20). The number of unbranched alkanes of at least 4 members (excludes halogenated alkanes) is 1. The highest BCUT2D eigenvalue weighted by Crippen LogP contribution is 2.31. The molecular weight excluding hydrogens is 324 g/mol. The van der Waals surface area contributed by atoms with Gasteiger partial charge in [0.1, 0.15) is 16.9 Å². The highest BCUT2D eigenvalue weighted by Gasteiger charge is 2.20. The van der Waals surface area contributed by atoms with Crippen LogP contribution < -0.4 is 5.32 Å². The van der Waals surface area contributed by atoms with Gasteiger partial charge in [-0.05, 0) is 19.4 Å². The molecule has 0 aliphatic rings. The fraction of sp³-hybridized carbons (Fsp3) is 0.500. The number of amides is 1. The topological polar surface area (TPSA) is 55.4 Å². The molecular formula is C16H21F2NO3S. The van der Waals surface area contributed by atoms with Crippen molar-refractivity contribution >= 4 is 29.3 Å². The van der Waals surface area contributed by atoms with Crippen LogP contribution in [0.5, 0.6) is 0 Å². The third-order valence-electron chi connectivity index (χ3n) is 2.99. The molecule has 23 heavy (non-hydrogen) atoms. The van der Waals surface area contributed by atoms with Crippen LogP contribution in [-0.4, -0.2) is 23.7 Å². The minimum atomic E-state index is -0.855. The zero-order chi connectivity index (χ0) is 17.4. The maximum absolute atomic E-state index is 13.9. The second-order valence-electron chi connectivity index (χ2n) is 4.95. The Kier molecular flexibility index (Phi) is 8.02. The molecule has 128 valence electrons. The summed E-state index contributed by atoms with van der Waals surface area (Å²) >= 11 is 0.926. The van der Waals surface area contributed by atoms with E-state index < -0.39 is 22.9 Å². The van der Waals surface area contributed by atoms with E-state index in [2.05, 4.69) is 5.32 Å². The zero-order valence-corrected chi connectivity index (χ0v) is 14.3. The smallest absolute Gasteiger partial charge is 0.319 e. The molecule has 1 unspecified atom stereocenters. The SMILES string of the molecule is CCCCOC(=O)C(C)Sc1cc(NC(=O)CC)c(F)cc1F. The monoisotopic (exact) mass is 345 g/mol. The molecule has 1 N–H and O–H groups in total. The van der Waals surface area contributed by atoms with Gasteiger partial charge in [0.05, 0.1) is 12.3 Å². The molecule has 0 saturated heterocycles. The van der Waals surface area contributed by atoms with Gasteiger partial charge in [-0.2, -0.15) is 0 Å². The van der Waals surface area contributed by atoms with Crippen molar-refractivity contribution in [2.45, 2.75) is 50.2 Å². The van der Waals surface area contributed by atoms with E-state index in [1.807, 2.05) is 6.92 Å². The van der Waals surface area contributed by atoms with Crippen molar-refractivity contribution in [1.29, 1.82) is 0 Å². The third kappa shape index (κ3) is 6.17. The fourth-order valence-corrected chi connectivity index (χ4v) is 2.53. The van der Waals surface area contributed by atoms with Crippen molar-refractivity contribution in [3.63, 3.8) is 0 Å². The molecule has 1 amide bonds. The number of hydrogen-bond acceptors (Lipinski definition) is 4. The Morgan fingerprint density at radius 3 is 2.57 bits per heavy atom. The van der Waals surface area contributed by atoms with Crippen molar-refractivity contribution in [3.05, 3.63) is 23.8 Å². The normalized spacial score (nSPS) is 11.9. The summed E-state index contributed by atoms with van der Waals surface area (Å²) in [7, 11) is 0. The summed E-state index contributed by atoms with van der Waals surface area (Å²) in [5.41, 5.74) is -0.104. The lowest BCUT2D eigenvalue weighted by Crippen LogP contribution is -2.18. The average Bonchev–Trinajstić information content (AvgIpc) is 2.51. The van der Waals surface area contributed by atoms with Gasteiger partial charge in [0, 0.05) is 17.4 Å². The first kappa shape index (κ1) is 19.4. The molecule has 1 aromatic rings. The first-order valence-electron chi connectivity index (χ1n) is 7.51. The van der Waals surface area contributed by atoms with E-state index in [4.69, 9.17) is 4.74 Å². The van der Waals surface area contributed by atoms with Crippen LogP contribution in [0.4, 0.5) is 14.5 Å². The van der Waals surface area contributed by atoms with E-state index in [1.54, 1.807) is 13.8 Å². The highest BCUT2D eigenvalue weighted by molar-refractivity contribution is 8.00. The Labute approximate surface area is 139 Å². The number of ether oxygens (including phenoxy) is 1. The lowest BCUT2D eigenvalue weighted by atomic mass is 10.3. The first-order valence-corrected chi connectivity index (χ1v) is 8.39. The Balaban J connectivity index is 2.80. The predicted molar refractivity (Wildman–Crippen MR) is 86.5 cm³/mol. The van der Waals surface area contributed by atoms with E-state index in [9.17, 15) is 18.4 Å². The third-order valence-corrected chi connectivity index (χ3v) is 4.11. The Morgan fingerprint density at radius 2 is 1.96 bits per heavy atom. The molecule has 0 spiro atoms. The molecule has 0 aromatic heterocycles. The number of thioether (sulfide) groups is 1. The molecule has 0 heterocycles. The molecule has 1 aromatic carbocycles. The van der Waals surface area contributed by atoms with Crippen molar-refractivity contribution in [2.75, 3.05) is 11.9 Å². The lowest BCUT2D eigenvalue weighted by molar-refractivity contribution is -0.142. The van der Waals surface area contributed by atoms with Crippen LogP contribution >= 0.6 is 11.8 Å². The molecule has 0 bridgehead atoms. The van der Waals surface area contributed by atoms with E-state index in [0.717, 1.165) is 24.6 Å². The molecule has 0 aliphatic carbocycles. The fourth-order valence-electron chi connectivity index (χ4n) is 1.63. The van der Waals surface area contributed by atoms with Crippen molar-refractivity contribution in [2.24, 2.45) is 0 Å². The van der Waals surface area contributed by atoms with Crippen molar-refractivity contribution in [3.8, 4) is 0 Å². The second kappa shape index (κ2) is 9.50. The second-order valence-corrected chi connectivity index (χ2v) is 6.33. The van der Waals surface area contributed by atoms with Crippen LogP contribution in [0.2, 0.25) is 0 Å². The van der Waals surface area contributed by atoms with Gasteiger partial charge in [-0.3, -0.25) is 9.59 Å². The molecule has 1 rings (SSSR count). The van der Waals surface area contributed by atoms with E-state index in [0.29, 0.717) is 12.7 Å². The van der Waals surface area contributed by atoms with Crippen LogP contribution in [0.15, 0.2) is 17.0 Å². The summed E-state index contributed by atoms with van der Waals surface area (Å²) in [4.78, 5) is 23.2. The van der Waals surface area contributed by atoms with Gasteiger partial charge in [0.15, 0.2) is 0 Å². The summed E-state index contributed by atoms with van der Waals surface area (Å²) < 4.78 is 32.6. The van der Waals surface area contributed by atoms with Gasteiger partial charge >= 0.3 is 5.97 Å². The van der Waals surface area contributed by atoms with Gasteiger partial charge in [0.25, 0.3) is 0 Å². The van der Waals surface area contributed by atoms with Crippen LogP contribution in [0.3, 0.4) is 0 Å². The number of hydrogen-bond donors (Lipinski definition) is 1. The summed E-state index contributed by atoms with van der Waals surface area (Å²) in [6, 6.07) is 1.89. The van der Waals surface area contributed by atoms with Crippen LogP contribution in [-0.2, 0) is 14.3 Å². The van der Waals surface area contributed by atoms with E-state index >= 15 is 0 Å². The molecule has 0 fully saturated rings. The van der Waals surface area contributed by atoms with Crippen LogP contribution in [0, 0.1) is 11.6 Å². The molecule has 0 radical (unpaired) electrons. The largest absolute Gasteiger partial charge is 0.465 e. The van der Waals surface area contributed by atoms with Gasteiger partial charge < -0.3 is 10.1 Å². The van der Waals surface area contributed by atoms with Crippen LogP contribution in [0.25, 0.3) is 0 Å². The minimum absolute atomic E-state index is 0.0812. The molecule has 0 saturated carbocycles. The summed E-state index contributed by atoms with van der Waals surface area (Å²) in [5, 5.41) is 1.72. The number of carbonyl (C=O) groups is 2. The van der Waals surface area contributed by atoms with Crippen LogP contribution in [0.1, 0.15) is 40.0 Å². The number of anilines is 1.